The number of imidazole rings is 1. The molecule has 0 radical (unpaired) electrons. The van der Waals surface area contributed by atoms with Gasteiger partial charge in [0.2, 0.25) is 0 Å². The predicted molar refractivity (Wildman–Crippen MR) is 74.6 cm³/mol. The summed E-state index contributed by atoms with van der Waals surface area (Å²) in [6, 6.07) is 5.94. The molecular weight excluding hydrogens is 300 g/mol. The van der Waals surface area contributed by atoms with Crippen molar-refractivity contribution in [2.75, 3.05) is 7.11 Å². The summed E-state index contributed by atoms with van der Waals surface area (Å²) in [7, 11) is 1.65. The molecule has 0 aliphatic rings. The molecule has 1 N–H and O–H groups in total. The van der Waals surface area contributed by atoms with Gasteiger partial charge >= 0.3 is 0 Å². The van der Waals surface area contributed by atoms with Crippen molar-refractivity contribution in [1.29, 1.82) is 0 Å². The lowest BCUT2D eigenvalue weighted by molar-refractivity contribution is 0.412. The Kier molecular flexibility index (Phi) is 3.69. The van der Waals surface area contributed by atoms with E-state index in [4.69, 9.17) is 17.0 Å². The summed E-state index contributed by atoms with van der Waals surface area (Å²) in [6.45, 7) is 2.10. The zero-order valence-corrected chi connectivity index (χ0v) is 12.1. The Balaban J connectivity index is 2.60. The number of ether oxygens (including phenoxy) is 1. The number of rotatable bonds is 3. The van der Waals surface area contributed by atoms with Crippen molar-refractivity contribution in [3.05, 3.63) is 39.3 Å². The lowest BCUT2D eigenvalue weighted by Gasteiger charge is -2.10. The van der Waals surface area contributed by atoms with Crippen LogP contribution in [0.3, 0.4) is 0 Å². The van der Waals surface area contributed by atoms with Crippen LogP contribution in [-0.2, 0) is 6.42 Å². The third-order valence-electron chi connectivity index (χ3n) is 2.61. The monoisotopic (exact) mass is 312 g/mol. The van der Waals surface area contributed by atoms with E-state index in [1.165, 1.54) is 0 Å². The standard InChI is InChI=1S/C12H13BrN2OS/c1-3-8-7-14-12(17)15(8)9-4-5-10(13)11(6-9)16-2/h4-7H,3H2,1-2H3,(H,14,17). The van der Waals surface area contributed by atoms with E-state index in [1.807, 2.05) is 29.0 Å². The van der Waals surface area contributed by atoms with Crippen LogP contribution in [0.15, 0.2) is 28.9 Å². The fourth-order valence-electron chi connectivity index (χ4n) is 1.74. The second-order valence-electron chi connectivity index (χ2n) is 3.59. The van der Waals surface area contributed by atoms with E-state index in [0.29, 0.717) is 4.77 Å². The predicted octanol–water partition coefficient (Wildman–Crippen LogP) is 3.87. The van der Waals surface area contributed by atoms with Gasteiger partial charge in [0.15, 0.2) is 4.77 Å². The van der Waals surface area contributed by atoms with Crippen molar-refractivity contribution >= 4 is 28.1 Å². The molecule has 0 atom stereocenters. The Hall–Kier alpha value is -1.07. The minimum absolute atomic E-state index is 0.700. The van der Waals surface area contributed by atoms with Crippen LogP contribution in [0.5, 0.6) is 5.75 Å². The highest BCUT2D eigenvalue weighted by Crippen LogP contribution is 2.28. The van der Waals surface area contributed by atoms with Crippen LogP contribution in [0.25, 0.3) is 5.69 Å². The molecule has 1 heterocycles. The molecule has 1 aromatic carbocycles. The van der Waals surface area contributed by atoms with Crippen molar-refractivity contribution in [3.8, 4) is 11.4 Å². The van der Waals surface area contributed by atoms with E-state index in [-0.39, 0.29) is 0 Å². The highest BCUT2D eigenvalue weighted by atomic mass is 79.9. The smallest absolute Gasteiger partial charge is 0.182 e. The number of halogens is 1. The van der Waals surface area contributed by atoms with Crippen molar-refractivity contribution in [2.24, 2.45) is 0 Å². The summed E-state index contributed by atoms with van der Waals surface area (Å²) in [5.74, 6) is 0.799. The lowest BCUT2D eigenvalue weighted by atomic mass is 10.2. The fraction of sp³-hybridized carbons (Fsp3) is 0.250. The normalized spacial score (nSPS) is 10.5. The quantitative estimate of drug-likeness (QED) is 0.872. The van der Waals surface area contributed by atoms with Gasteiger partial charge in [0.25, 0.3) is 0 Å². The number of aromatic amines is 1. The third kappa shape index (κ3) is 2.30. The van der Waals surface area contributed by atoms with Gasteiger partial charge in [-0.1, -0.05) is 6.92 Å². The number of nitrogens with zero attached hydrogens (tertiary/aromatic N) is 1. The first kappa shape index (κ1) is 12.4. The van der Waals surface area contributed by atoms with Crippen LogP contribution in [-0.4, -0.2) is 16.7 Å². The SMILES string of the molecule is CCc1c[nH]c(=S)n1-c1ccc(Br)c(OC)c1. The van der Waals surface area contributed by atoms with Gasteiger partial charge in [-0.15, -0.1) is 0 Å². The molecule has 0 amide bonds. The third-order valence-corrected chi connectivity index (χ3v) is 3.56. The van der Waals surface area contributed by atoms with Gasteiger partial charge in [-0.05, 0) is 46.7 Å². The highest BCUT2D eigenvalue weighted by Gasteiger charge is 2.07. The summed E-state index contributed by atoms with van der Waals surface area (Å²) >= 11 is 8.73. The molecule has 0 saturated carbocycles. The number of H-pyrrole nitrogens is 1. The number of nitrogens with one attached hydrogen (secondary N) is 1. The molecule has 3 nitrogen and oxygen atoms in total. The Bertz CT molecular complexity index is 588. The molecule has 1 aromatic heterocycles. The highest BCUT2D eigenvalue weighted by molar-refractivity contribution is 9.10. The van der Waals surface area contributed by atoms with Crippen molar-refractivity contribution in [1.82, 2.24) is 9.55 Å². The molecule has 0 unspecified atom stereocenters. The summed E-state index contributed by atoms with van der Waals surface area (Å²) in [6.07, 6.45) is 2.86. The zero-order chi connectivity index (χ0) is 12.4. The first-order valence-corrected chi connectivity index (χ1v) is 6.50. The lowest BCUT2D eigenvalue weighted by Crippen LogP contribution is -1.99. The maximum Gasteiger partial charge on any atom is 0.182 e. The van der Waals surface area contributed by atoms with Gasteiger partial charge in [-0.25, -0.2) is 0 Å². The van der Waals surface area contributed by atoms with E-state index in [2.05, 4.69) is 27.8 Å². The minimum atomic E-state index is 0.700. The summed E-state index contributed by atoms with van der Waals surface area (Å²) in [4.78, 5) is 3.06. The van der Waals surface area contributed by atoms with Gasteiger partial charge in [-0.3, -0.25) is 4.57 Å². The number of hydrogen-bond acceptors (Lipinski definition) is 2. The number of aromatic nitrogens is 2. The molecule has 2 rings (SSSR count). The number of benzene rings is 1. The molecule has 0 bridgehead atoms. The van der Waals surface area contributed by atoms with Crippen LogP contribution in [0.4, 0.5) is 0 Å². The molecule has 0 spiro atoms. The van der Waals surface area contributed by atoms with Crippen LogP contribution in [0.1, 0.15) is 12.6 Å². The van der Waals surface area contributed by atoms with Gasteiger partial charge in [0.05, 0.1) is 17.3 Å². The van der Waals surface area contributed by atoms with E-state index in [9.17, 15) is 0 Å². The Labute approximate surface area is 114 Å². The Morgan fingerprint density at radius 1 is 1.47 bits per heavy atom. The molecule has 5 heteroatoms. The van der Waals surface area contributed by atoms with Crippen LogP contribution < -0.4 is 4.74 Å². The minimum Gasteiger partial charge on any atom is -0.495 e. The zero-order valence-electron chi connectivity index (χ0n) is 9.66. The second kappa shape index (κ2) is 5.06. The summed E-state index contributed by atoms with van der Waals surface area (Å²) in [5, 5.41) is 0. The van der Waals surface area contributed by atoms with Gasteiger partial charge in [0, 0.05) is 18.0 Å². The maximum absolute atomic E-state index is 5.29. The molecule has 0 aliphatic heterocycles. The van der Waals surface area contributed by atoms with Crippen LogP contribution in [0.2, 0.25) is 0 Å². The first-order chi connectivity index (χ1) is 8.17. The van der Waals surface area contributed by atoms with E-state index < -0.39 is 0 Å². The number of aryl methyl sites for hydroxylation is 1. The Morgan fingerprint density at radius 2 is 2.24 bits per heavy atom. The summed E-state index contributed by atoms with van der Waals surface area (Å²) < 4.78 is 8.95. The molecule has 90 valence electrons. The van der Waals surface area contributed by atoms with Crippen LogP contribution >= 0.6 is 28.1 Å². The van der Waals surface area contributed by atoms with Gasteiger partial charge in [-0.2, -0.15) is 0 Å². The fourth-order valence-corrected chi connectivity index (χ4v) is 2.43. The molecule has 0 fully saturated rings. The van der Waals surface area contributed by atoms with Crippen molar-refractivity contribution in [2.45, 2.75) is 13.3 Å². The van der Waals surface area contributed by atoms with E-state index in [0.717, 1.165) is 28.0 Å². The van der Waals surface area contributed by atoms with Crippen molar-refractivity contribution < 1.29 is 4.74 Å². The van der Waals surface area contributed by atoms with E-state index >= 15 is 0 Å². The molecular formula is C12H13BrN2OS. The van der Waals surface area contributed by atoms with Gasteiger partial charge in [0.1, 0.15) is 5.75 Å². The molecule has 0 saturated heterocycles. The van der Waals surface area contributed by atoms with Crippen LogP contribution in [0, 0.1) is 4.77 Å². The topological polar surface area (TPSA) is 29.9 Å². The maximum atomic E-state index is 5.29. The number of methoxy groups -OCH3 is 1. The molecule has 0 aliphatic carbocycles. The molecule has 17 heavy (non-hydrogen) atoms. The van der Waals surface area contributed by atoms with Gasteiger partial charge < -0.3 is 9.72 Å². The Morgan fingerprint density at radius 3 is 2.88 bits per heavy atom. The first-order valence-electron chi connectivity index (χ1n) is 5.30. The average molecular weight is 313 g/mol. The second-order valence-corrected chi connectivity index (χ2v) is 4.83. The van der Waals surface area contributed by atoms with Crippen molar-refractivity contribution in [3.63, 3.8) is 0 Å². The largest absolute Gasteiger partial charge is 0.495 e. The molecule has 2 aromatic rings. The average Bonchev–Trinajstić information content (AvgIpc) is 2.71. The number of hydrogen-bond donors (Lipinski definition) is 1. The summed E-state index contributed by atoms with van der Waals surface area (Å²) in [5.41, 5.74) is 2.16. The van der Waals surface area contributed by atoms with E-state index in [1.54, 1.807) is 7.11 Å².